The maximum Gasteiger partial charge on any atom is 0.329 e. The predicted octanol–water partition coefficient (Wildman–Crippen LogP) is 2.21. The van der Waals surface area contributed by atoms with Crippen LogP contribution in [0.2, 0.25) is 0 Å². The molecule has 0 aliphatic carbocycles. The summed E-state index contributed by atoms with van der Waals surface area (Å²) in [6, 6.07) is 6.05. The number of hydrogen-bond donors (Lipinski definition) is 1. The predicted molar refractivity (Wildman–Crippen MR) is 61.6 cm³/mol. The van der Waals surface area contributed by atoms with Crippen LogP contribution in [0.3, 0.4) is 0 Å². The van der Waals surface area contributed by atoms with Crippen LogP contribution in [-0.4, -0.2) is 22.7 Å². The highest BCUT2D eigenvalue weighted by Crippen LogP contribution is 2.23. The van der Waals surface area contributed by atoms with Gasteiger partial charge in [-0.15, -0.1) is 11.3 Å². The highest BCUT2D eigenvalue weighted by molar-refractivity contribution is 7.18. The van der Waals surface area contributed by atoms with Crippen molar-refractivity contribution in [1.29, 1.82) is 0 Å². The van der Waals surface area contributed by atoms with E-state index in [4.69, 9.17) is 9.84 Å². The molecule has 2 rings (SSSR count). The van der Waals surface area contributed by atoms with Gasteiger partial charge in [-0.1, -0.05) is 6.07 Å². The van der Waals surface area contributed by atoms with Crippen LogP contribution >= 0.6 is 11.3 Å². The van der Waals surface area contributed by atoms with Gasteiger partial charge in [-0.25, -0.2) is 9.78 Å². The van der Waals surface area contributed by atoms with Crippen molar-refractivity contribution in [1.82, 2.24) is 4.98 Å². The first kappa shape index (κ1) is 11.0. The molecule has 4 nitrogen and oxygen atoms in total. The number of hydrogen-bond acceptors (Lipinski definition) is 4. The Morgan fingerprint density at radius 3 is 3.12 bits per heavy atom. The van der Waals surface area contributed by atoms with Gasteiger partial charge in [0.25, 0.3) is 0 Å². The summed E-state index contributed by atoms with van der Waals surface area (Å²) in [5, 5.41) is 9.23. The zero-order valence-corrected chi connectivity index (χ0v) is 9.58. The Bertz CT molecular complexity index is 521. The molecule has 0 aliphatic heterocycles. The number of carboxylic acid groups (broad SMARTS) is 1. The number of thiazole rings is 1. The topological polar surface area (TPSA) is 59.4 Å². The molecule has 1 heterocycles. The standard InChI is InChI=1S/C11H11NO3S/c1-7-2-3-9-8(4-7)12-10(16-9)5-15-6-11(13)14/h2-4H,5-6H2,1H3,(H,13,14). The number of benzene rings is 1. The Morgan fingerprint density at radius 2 is 2.38 bits per heavy atom. The van der Waals surface area contributed by atoms with Gasteiger partial charge in [-0.2, -0.15) is 0 Å². The van der Waals surface area contributed by atoms with E-state index in [2.05, 4.69) is 4.98 Å². The first-order valence-corrected chi connectivity index (χ1v) is 5.62. The van der Waals surface area contributed by atoms with Gasteiger partial charge in [0.15, 0.2) is 0 Å². The summed E-state index contributed by atoms with van der Waals surface area (Å²) in [5.41, 5.74) is 2.11. The van der Waals surface area contributed by atoms with Gasteiger partial charge < -0.3 is 9.84 Å². The van der Waals surface area contributed by atoms with Crippen molar-refractivity contribution in [2.45, 2.75) is 13.5 Å². The third kappa shape index (κ3) is 2.56. The molecule has 0 aliphatic rings. The SMILES string of the molecule is Cc1ccc2sc(COCC(=O)O)nc2c1. The van der Waals surface area contributed by atoms with Gasteiger partial charge in [-0.3, -0.25) is 0 Å². The smallest absolute Gasteiger partial charge is 0.329 e. The van der Waals surface area contributed by atoms with E-state index in [0.29, 0.717) is 0 Å². The number of aromatic nitrogens is 1. The van der Waals surface area contributed by atoms with E-state index >= 15 is 0 Å². The van der Waals surface area contributed by atoms with Gasteiger partial charge >= 0.3 is 5.97 Å². The molecule has 1 aromatic heterocycles. The molecule has 0 saturated heterocycles. The highest BCUT2D eigenvalue weighted by Gasteiger charge is 2.05. The molecule has 0 amide bonds. The van der Waals surface area contributed by atoms with Gasteiger partial charge in [-0.05, 0) is 24.6 Å². The summed E-state index contributed by atoms with van der Waals surface area (Å²) in [7, 11) is 0. The number of aryl methyl sites for hydroxylation is 1. The summed E-state index contributed by atoms with van der Waals surface area (Å²) in [4.78, 5) is 14.6. The van der Waals surface area contributed by atoms with E-state index < -0.39 is 5.97 Å². The average molecular weight is 237 g/mol. The van der Waals surface area contributed by atoms with E-state index in [1.807, 2.05) is 25.1 Å². The fourth-order valence-electron chi connectivity index (χ4n) is 1.37. The minimum atomic E-state index is -0.961. The van der Waals surface area contributed by atoms with Gasteiger partial charge in [0.2, 0.25) is 0 Å². The van der Waals surface area contributed by atoms with Crippen molar-refractivity contribution in [2.24, 2.45) is 0 Å². The van der Waals surface area contributed by atoms with Crippen LogP contribution in [0.1, 0.15) is 10.6 Å². The lowest BCUT2D eigenvalue weighted by Crippen LogP contribution is -2.06. The molecule has 1 N–H and O–H groups in total. The minimum Gasteiger partial charge on any atom is -0.480 e. The summed E-state index contributed by atoms with van der Waals surface area (Å²) in [6.07, 6.45) is 0. The van der Waals surface area contributed by atoms with E-state index in [9.17, 15) is 4.79 Å². The van der Waals surface area contributed by atoms with Crippen molar-refractivity contribution >= 4 is 27.5 Å². The fourth-order valence-corrected chi connectivity index (χ4v) is 2.26. The zero-order chi connectivity index (χ0) is 11.5. The van der Waals surface area contributed by atoms with E-state index in [1.165, 1.54) is 11.3 Å². The van der Waals surface area contributed by atoms with Crippen LogP contribution in [-0.2, 0) is 16.1 Å². The molecule has 0 bridgehead atoms. The molecule has 0 atom stereocenters. The molecule has 1 aromatic carbocycles. The van der Waals surface area contributed by atoms with Crippen LogP contribution in [0.25, 0.3) is 10.2 Å². The zero-order valence-electron chi connectivity index (χ0n) is 8.77. The van der Waals surface area contributed by atoms with Crippen LogP contribution in [0.5, 0.6) is 0 Å². The van der Waals surface area contributed by atoms with Crippen molar-refractivity contribution < 1.29 is 14.6 Å². The Kier molecular flexibility index (Phi) is 3.17. The second kappa shape index (κ2) is 4.59. The summed E-state index contributed by atoms with van der Waals surface area (Å²) in [6.45, 7) is 1.99. The lowest BCUT2D eigenvalue weighted by Gasteiger charge is -1.95. The summed E-state index contributed by atoms with van der Waals surface area (Å²) >= 11 is 1.53. The van der Waals surface area contributed by atoms with E-state index in [1.54, 1.807) is 0 Å². The van der Waals surface area contributed by atoms with Crippen LogP contribution in [0, 0.1) is 6.92 Å². The maximum absolute atomic E-state index is 10.3. The van der Waals surface area contributed by atoms with Crippen molar-refractivity contribution in [3.63, 3.8) is 0 Å². The number of carbonyl (C=O) groups is 1. The Morgan fingerprint density at radius 1 is 1.56 bits per heavy atom. The van der Waals surface area contributed by atoms with Crippen LogP contribution < -0.4 is 0 Å². The summed E-state index contributed by atoms with van der Waals surface area (Å²) < 4.78 is 6.09. The Balaban J connectivity index is 2.10. The molecule has 0 unspecified atom stereocenters. The average Bonchev–Trinajstić information content (AvgIpc) is 2.58. The molecular weight excluding hydrogens is 226 g/mol. The molecule has 0 spiro atoms. The molecule has 2 aromatic rings. The molecule has 16 heavy (non-hydrogen) atoms. The first-order chi connectivity index (χ1) is 7.65. The normalized spacial score (nSPS) is 10.8. The number of aliphatic carboxylic acids is 1. The number of carboxylic acids is 1. The van der Waals surface area contributed by atoms with E-state index in [0.717, 1.165) is 20.8 Å². The highest BCUT2D eigenvalue weighted by atomic mass is 32.1. The number of nitrogens with zero attached hydrogens (tertiary/aromatic N) is 1. The molecule has 0 fully saturated rings. The minimum absolute atomic E-state index is 0.255. The quantitative estimate of drug-likeness (QED) is 0.885. The van der Waals surface area contributed by atoms with Crippen molar-refractivity contribution in [3.05, 3.63) is 28.8 Å². The Labute approximate surface area is 96.5 Å². The lowest BCUT2D eigenvalue weighted by molar-refractivity contribution is -0.142. The van der Waals surface area contributed by atoms with Gasteiger partial charge in [0, 0.05) is 0 Å². The van der Waals surface area contributed by atoms with E-state index in [-0.39, 0.29) is 13.2 Å². The Hall–Kier alpha value is -1.46. The van der Waals surface area contributed by atoms with Crippen molar-refractivity contribution in [2.75, 3.05) is 6.61 Å². The molecule has 84 valence electrons. The summed E-state index contributed by atoms with van der Waals surface area (Å²) in [5.74, 6) is -0.961. The third-order valence-corrected chi connectivity index (χ3v) is 3.05. The third-order valence-electron chi connectivity index (χ3n) is 2.04. The van der Waals surface area contributed by atoms with Gasteiger partial charge in [0.05, 0.1) is 16.8 Å². The lowest BCUT2D eigenvalue weighted by atomic mass is 10.2. The van der Waals surface area contributed by atoms with Gasteiger partial charge in [0.1, 0.15) is 11.6 Å². The number of fused-ring (bicyclic) bond motifs is 1. The van der Waals surface area contributed by atoms with Crippen molar-refractivity contribution in [3.8, 4) is 0 Å². The number of ether oxygens (including phenoxy) is 1. The monoisotopic (exact) mass is 237 g/mol. The second-order valence-electron chi connectivity index (χ2n) is 3.47. The van der Waals surface area contributed by atoms with Crippen LogP contribution in [0.4, 0.5) is 0 Å². The maximum atomic E-state index is 10.3. The molecule has 0 saturated carbocycles. The first-order valence-electron chi connectivity index (χ1n) is 4.81. The second-order valence-corrected chi connectivity index (χ2v) is 4.58. The molecular formula is C11H11NO3S. The largest absolute Gasteiger partial charge is 0.480 e. The fraction of sp³-hybridized carbons (Fsp3) is 0.273. The molecule has 5 heteroatoms. The number of rotatable bonds is 4. The van der Waals surface area contributed by atoms with Crippen LogP contribution in [0.15, 0.2) is 18.2 Å². The molecule has 0 radical (unpaired) electrons.